The normalized spacial score (nSPS) is 21.0. The molecular formula is C19H27ClFN3O5S. The van der Waals surface area contributed by atoms with E-state index in [1.165, 1.54) is 0 Å². The first kappa shape index (κ1) is 23.2. The van der Waals surface area contributed by atoms with Crippen LogP contribution in [0.15, 0.2) is 12.1 Å². The summed E-state index contributed by atoms with van der Waals surface area (Å²) in [5, 5.41) is 2.97. The Labute approximate surface area is 181 Å². The molecule has 0 bridgehead atoms. The minimum atomic E-state index is -4.16. The molecule has 1 heterocycles. The van der Waals surface area contributed by atoms with E-state index in [4.69, 9.17) is 21.1 Å². The fourth-order valence-electron chi connectivity index (χ4n) is 3.70. The van der Waals surface area contributed by atoms with E-state index in [9.17, 15) is 17.6 Å². The monoisotopic (exact) mass is 463 g/mol. The zero-order valence-corrected chi connectivity index (χ0v) is 18.4. The van der Waals surface area contributed by atoms with Crippen LogP contribution in [-0.4, -0.2) is 64.6 Å². The lowest BCUT2D eigenvalue weighted by molar-refractivity contribution is 0.000475. The van der Waals surface area contributed by atoms with E-state index in [1.54, 1.807) is 7.05 Å². The Hall–Kier alpha value is -1.46. The number of carbonyl (C=O) groups is 1. The highest BCUT2D eigenvalue weighted by molar-refractivity contribution is 7.87. The maximum Gasteiger partial charge on any atom is 0.304 e. The quantitative estimate of drug-likeness (QED) is 0.611. The fraction of sp³-hybridized carbons (Fsp3) is 0.632. The molecule has 30 heavy (non-hydrogen) atoms. The molecule has 2 N–H and O–H groups in total. The van der Waals surface area contributed by atoms with Gasteiger partial charge in [-0.1, -0.05) is 24.4 Å². The van der Waals surface area contributed by atoms with E-state index in [1.807, 2.05) is 4.72 Å². The highest BCUT2D eigenvalue weighted by Gasteiger charge is 2.31. The number of carbonyl (C=O) groups excluding carboxylic acids is 1. The number of hydrogen-bond donors (Lipinski definition) is 2. The maximum absolute atomic E-state index is 14.5. The van der Waals surface area contributed by atoms with Crippen LogP contribution in [0.5, 0.6) is 5.75 Å². The lowest BCUT2D eigenvalue weighted by Crippen LogP contribution is -2.53. The van der Waals surface area contributed by atoms with Crippen molar-refractivity contribution in [3.63, 3.8) is 0 Å². The highest BCUT2D eigenvalue weighted by atomic mass is 35.5. The Morgan fingerprint density at radius 3 is 2.80 bits per heavy atom. The summed E-state index contributed by atoms with van der Waals surface area (Å²) in [6.45, 7) is 1.28. The summed E-state index contributed by atoms with van der Waals surface area (Å²) in [5.41, 5.74) is -0.461. The van der Waals surface area contributed by atoms with Crippen LogP contribution in [0.4, 0.5) is 4.39 Å². The molecule has 1 saturated carbocycles. The number of nitrogens with zero attached hydrogens (tertiary/aromatic N) is 1. The molecule has 0 radical (unpaired) electrons. The zero-order chi connectivity index (χ0) is 21.7. The molecule has 11 heteroatoms. The number of nitrogens with one attached hydrogen (secondary N) is 2. The molecule has 1 atom stereocenters. The molecule has 0 unspecified atom stereocenters. The summed E-state index contributed by atoms with van der Waals surface area (Å²) in [6.07, 6.45) is 4.10. The third-order valence-corrected chi connectivity index (χ3v) is 7.06. The first-order chi connectivity index (χ1) is 14.3. The van der Waals surface area contributed by atoms with Gasteiger partial charge in [0.2, 0.25) is 0 Å². The lowest BCUT2D eigenvalue weighted by Gasteiger charge is -2.31. The van der Waals surface area contributed by atoms with Gasteiger partial charge in [0.15, 0.2) is 0 Å². The second-order valence-corrected chi connectivity index (χ2v) is 9.65. The van der Waals surface area contributed by atoms with Crippen molar-refractivity contribution < 1.29 is 27.1 Å². The van der Waals surface area contributed by atoms with Gasteiger partial charge in [0.1, 0.15) is 11.6 Å². The van der Waals surface area contributed by atoms with E-state index >= 15 is 0 Å². The predicted octanol–water partition coefficient (Wildman–Crippen LogP) is 1.94. The third kappa shape index (κ3) is 5.82. The van der Waals surface area contributed by atoms with E-state index < -0.39 is 27.5 Å². The molecule has 168 valence electrons. The van der Waals surface area contributed by atoms with Crippen molar-refractivity contribution in [1.82, 2.24) is 14.3 Å². The van der Waals surface area contributed by atoms with Crippen molar-refractivity contribution in [2.75, 3.05) is 39.9 Å². The van der Waals surface area contributed by atoms with Crippen LogP contribution in [0.1, 0.15) is 36.0 Å². The van der Waals surface area contributed by atoms with Crippen LogP contribution in [0, 0.1) is 11.7 Å². The van der Waals surface area contributed by atoms with Crippen molar-refractivity contribution in [2.45, 2.75) is 31.8 Å². The van der Waals surface area contributed by atoms with E-state index in [0.717, 1.165) is 42.1 Å². The molecule has 1 aromatic carbocycles. The molecular weight excluding hydrogens is 437 g/mol. The van der Waals surface area contributed by atoms with Crippen molar-refractivity contribution in [1.29, 1.82) is 0 Å². The minimum absolute atomic E-state index is 0.0531. The molecule has 2 fully saturated rings. The zero-order valence-electron chi connectivity index (χ0n) is 16.8. The Morgan fingerprint density at radius 1 is 1.37 bits per heavy atom. The van der Waals surface area contributed by atoms with Gasteiger partial charge in [-0.15, -0.1) is 0 Å². The van der Waals surface area contributed by atoms with Crippen molar-refractivity contribution in [2.24, 2.45) is 5.92 Å². The van der Waals surface area contributed by atoms with Crippen LogP contribution in [-0.2, 0) is 14.9 Å². The van der Waals surface area contributed by atoms with Gasteiger partial charge in [-0.25, -0.2) is 9.11 Å². The number of hydrogen-bond acceptors (Lipinski definition) is 6. The summed E-state index contributed by atoms with van der Waals surface area (Å²) in [7, 11) is -2.43. The van der Waals surface area contributed by atoms with Gasteiger partial charge < -0.3 is 14.8 Å². The molecule has 1 aliphatic carbocycles. The number of benzene rings is 1. The van der Waals surface area contributed by atoms with Gasteiger partial charge in [-0.05, 0) is 31.9 Å². The first-order valence-electron chi connectivity index (χ1n) is 10.0. The molecule has 1 saturated heterocycles. The van der Waals surface area contributed by atoms with Gasteiger partial charge in [0.05, 0.1) is 29.9 Å². The maximum atomic E-state index is 14.5. The van der Waals surface area contributed by atoms with Gasteiger partial charge in [-0.2, -0.15) is 12.7 Å². The summed E-state index contributed by atoms with van der Waals surface area (Å²) in [5.74, 6) is -1.43. The highest BCUT2D eigenvalue weighted by Crippen LogP contribution is 2.31. The fourth-order valence-corrected chi connectivity index (χ4v) is 5.07. The lowest BCUT2D eigenvalue weighted by atomic mass is 10.1. The average molecular weight is 464 g/mol. The molecule has 0 aromatic heterocycles. The van der Waals surface area contributed by atoms with Gasteiger partial charge >= 0.3 is 10.2 Å². The first-order valence-corrected chi connectivity index (χ1v) is 11.8. The van der Waals surface area contributed by atoms with Crippen LogP contribution < -0.4 is 14.8 Å². The van der Waals surface area contributed by atoms with Gasteiger partial charge in [0.25, 0.3) is 5.91 Å². The SMILES string of the molecule is CNC[C@@H]1CN(S(=O)(=O)NC(=O)c2cc(Cl)c(OCC3CCCC3)cc2F)CCO1. The van der Waals surface area contributed by atoms with Crippen molar-refractivity contribution in [3.05, 3.63) is 28.5 Å². The van der Waals surface area contributed by atoms with Crippen molar-refractivity contribution >= 4 is 27.7 Å². The summed E-state index contributed by atoms with van der Waals surface area (Å²) in [4.78, 5) is 12.5. The molecule has 1 amide bonds. The van der Waals surface area contributed by atoms with E-state index in [2.05, 4.69) is 5.32 Å². The Kier molecular flexibility index (Phi) is 7.92. The number of ether oxygens (including phenoxy) is 2. The second kappa shape index (κ2) is 10.2. The van der Waals surface area contributed by atoms with Crippen LogP contribution in [0.2, 0.25) is 5.02 Å². The topological polar surface area (TPSA) is 97.0 Å². The molecule has 2 aliphatic rings. The largest absolute Gasteiger partial charge is 0.492 e. The minimum Gasteiger partial charge on any atom is -0.492 e. The molecule has 1 aliphatic heterocycles. The molecule has 8 nitrogen and oxygen atoms in total. The number of likely N-dealkylation sites (N-methyl/N-ethyl adjacent to an activating group) is 1. The molecule has 1 aromatic rings. The van der Waals surface area contributed by atoms with E-state index in [0.29, 0.717) is 19.1 Å². The van der Waals surface area contributed by atoms with Crippen molar-refractivity contribution in [3.8, 4) is 5.75 Å². The smallest absolute Gasteiger partial charge is 0.304 e. The van der Waals surface area contributed by atoms with Crippen LogP contribution in [0.25, 0.3) is 0 Å². The Bertz CT molecular complexity index is 862. The number of halogens is 2. The number of rotatable bonds is 8. The number of amides is 1. The average Bonchev–Trinajstić information content (AvgIpc) is 3.22. The summed E-state index contributed by atoms with van der Waals surface area (Å²) < 4.78 is 53.8. The Morgan fingerprint density at radius 2 is 2.10 bits per heavy atom. The molecule has 3 rings (SSSR count). The summed E-state index contributed by atoms with van der Waals surface area (Å²) >= 11 is 6.15. The van der Waals surface area contributed by atoms with Gasteiger partial charge in [0, 0.05) is 25.7 Å². The second-order valence-electron chi connectivity index (χ2n) is 7.57. The Balaban J connectivity index is 1.66. The summed E-state index contributed by atoms with van der Waals surface area (Å²) in [6, 6.07) is 2.12. The molecule has 0 spiro atoms. The number of morpholine rings is 1. The third-order valence-electron chi connectivity index (χ3n) is 5.31. The van der Waals surface area contributed by atoms with Crippen LogP contribution >= 0.6 is 11.6 Å². The van der Waals surface area contributed by atoms with Crippen LogP contribution in [0.3, 0.4) is 0 Å². The van der Waals surface area contributed by atoms with Gasteiger partial charge in [-0.3, -0.25) is 4.79 Å². The van der Waals surface area contributed by atoms with E-state index in [-0.39, 0.29) is 36.6 Å². The predicted molar refractivity (Wildman–Crippen MR) is 110 cm³/mol. The standard InChI is InChI=1S/C19H27ClFN3O5S/c1-22-10-14-11-24(6-7-28-14)30(26,27)23-19(25)15-8-16(20)18(9-17(15)21)29-12-13-4-2-3-5-13/h8-9,13-14,22H,2-7,10-12H2,1H3,(H,23,25)/t14-/m1/s1.